The summed E-state index contributed by atoms with van der Waals surface area (Å²) in [4.78, 5) is 28.7. The number of carbonyl (C=O) groups excluding carboxylic acids is 2. The molecule has 23 heavy (non-hydrogen) atoms. The highest BCUT2D eigenvalue weighted by atomic mass is 19.4. The summed E-state index contributed by atoms with van der Waals surface area (Å²) >= 11 is 0. The van der Waals surface area contributed by atoms with Crippen molar-refractivity contribution in [2.75, 3.05) is 12.3 Å². The third kappa shape index (κ3) is 3.31. The van der Waals surface area contributed by atoms with Crippen LogP contribution in [0.25, 0.3) is 0 Å². The number of benzene rings is 1. The SMILES string of the molecule is Cc1c(N)cccc1[N+]1(OC(=O)C(F)(F)F)CCCCCC1=O. The van der Waals surface area contributed by atoms with Gasteiger partial charge in [-0.05, 0) is 30.5 Å². The molecule has 0 spiro atoms. The number of hydrogen-bond donors (Lipinski definition) is 1. The van der Waals surface area contributed by atoms with Crippen LogP contribution in [0.1, 0.15) is 31.2 Å². The summed E-state index contributed by atoms with van der Waals surface area (Å²) in [6.45, 7) is 1.55. The van der Waals surface area contributed by atoms with Crippen molar-refractivity contribution in [3.63, 3.8) is 0 Å². The highest BCUT2D eigenvalue weighted by Gasteiger charge is 2.53. The molecule has 2 rings (SSSR count). The number of rotatable bonds is 2. The zero-order valence-electron chi connectivity index (χ0n) is 12.7. The fourth-order valence-corrected chi connectivity index (χ4v) is 2.72. The predicted molar refractivity (Wildman–Crippen MR) is 77.9 cm³/mol. The van der Waals surface area contributed by atoms with Gasteiger partial charge in [-0.1, -0.05) is 6.07 Å². The van der Waals surface area contributed by atoms with Gasteiger partial charge in [-0.3, -0.25) is 4.84 Å². The lowest BCUT2D eigenvalue weighted by Gasteiger charge is -2.31. The number of nitrogens with zero attached hydrogens (tertiary/aromatic N) is 1. The minimum Gasteiger partial charge on any atom is -0.398 e. The fourth-order valence-electron chi connectivity index (χ4n) is 2.72. The van der Waals surface area contributed by atoms with Crippen LogP contribution in [-0.4, -0.2) is 24.6 Å². The number of hydroxylamine groups is 2. The van der Waals surface area contributed by atoms with Crippen molar-refractivity contribution in [2.45, 2.75) is 38.8 Å². The van der Waals surface area contributed by atoms with Gasteiger partial charge in [-0.2, -0.15) is 13.2 Å². The minimum atomic E-state index is -5.17. The average Bonchev–Trinajstić information content (AvgIpc) is 2.64. The maximum absolute atomic E-state index is 12.7. The first kappa shape index (κ1) is 17.3. The molecular formula is C15H18F3N2O3+. The van der Waals surface area contributed by atoms with Crippen LogP contribution in [0.2, 0.25) is 0 Å². The quantitative estimate of drug-likeness (QED) is 0.668. The maximum Gasteiger partial charge on any atom is 0.497 e. The van der Waals surface area contributed by atoms with Gasteiger partial charge >= 0.3 is 18.1 Å². The van der Waals surface area contributed by atoms with Crippen LogP contribution < -0.4 is 10.4 Å². The molecule has 0 bridgehead atoms. The zero-order chi connectivity index (χ0) is 17.3. The highest BCUT2D eigenvalue weighted by Crippen LogP contribution is 2.36. The molecule has 1 unspecified atom stereocenters. The number of carbonyl (C=O) groups is 2. The van der Waals surface area contributed by atoms with Crippen molar-refractivity contribution in [1.82, 2.24) is 4.65 Å². The topological polar surface area (TPSA) is 69.4 Å². The molecule has 1 aliphatic heterocycles. The number of nitrogen functional groups attached to an aromatic ring is 1. The summed E-state index contributed by atoms with van der Waals surface area (Å²) in [5.41, 5.74) is 6.73. The molecule has 0 aliphatic carbocycles. The fraction of sp³-hybridized carbons (Fsp3) is 0.467. The molecule has 8 heteroatoms. The first-order valence-electron chi connectivity index (χ1n) is 7.26. The zero-order valence-corrected chi connectivity index (χ0v) is 12.7. The molecule has 1 aliphatic rings. The predicted octanol–water partition coefficient (Wildman–Crippen LogP) is 3.01. The summed E-state index contributed by atoms with van der Waals surface area (Å²) in [5.74, 6) is -2.96. The molecule has 1 amide bonds. The van der Waals surface area contributed by atoms with E-state index in [2.05, 4.69) is 0 Å². The normalized spacial score (nSPS) is 22.5. The van der Waals surface area contributed by atoms with E-state index in [1.807, 2.05) is 0 Å². The lowest BCUT2D eigenvalue weighted by molar-refractivity contribution is -0.233. The van der Waals surface area contributed by atoms with Crippen LogP contribution in [-0.2, 0) is 14.4 Å². The summed E-state index contributed by atoms with van der Waals surface area (Å²) < 4.78 is 36.9. The van der Waals surface area contributed by atoms with Gasteiger partial charge in [-0.25, -0.2) is 9.59 Å². The Morgan fingerprint density at radius 1 is 1.26 bits per heavy atom. The van der Waals surface area contributed by atoms with Crippen LogP contribution >= 0.6 is 0 Å². The molecule has 0 radical (unpaired) electrons. The summed E-state index contributed by atoms with van der Waals surface area (Å²) in [6.07, 6.45) is -3.45. The standard InChI is InChI=1S/C15H18F3N2O3/c1-10-11(19)6-5-7-12(10)20(23-14(22)15(16,17)18)9-4-2-3-8-13(20)21/h5-7H,2-4,8-9,19H2,1H3/q+1. The Bertz CT molecular complexity index is 631. The van der Waals surface area contributed by atoms with Crippen molar-refractivity contribution >= 4 is 23.3 Å². The first-order chi connectivity index (χ1) is 10.7. The average molecular weight is 331 g/mol. The van der Waals surface area contributed by atoms with Crippen molar-refractivity contribution in [1.29, 1.82) is 0 Å². The highest BCUT2D eigenvalue weighted by molar-refractivity contribution is 5.91. The second-order valence-corrected chi connectivity index (χ2v) is 5.54. The van der Waals surface area contributed by atoms with Gasteiger partial charge in [0.2, 0.25) is 0 Å². The van der Waals surface area contributed by atoms with E-state index in [0.717, 1.165) is 0 Å². The lowest BCUT2D eigenvalue weighted by atomic mass is 10.1. The smallest absolute Gasteiger partial charge is 0.398 e. The van der Waals surface area contributed by atoms with E-state index in [0.29, 0.717) is 30.5 Å². The number of amides is 1. The Balaban J connectivity index is 2.57. The van der Waals surface area contributed by atoms with Crippen LogP contribution in [0.4, 0.5) is 24.5 Å². The number of hydrogen-bond acceptors (Lipinski definition) is 4. The van der Waals surface area contributed by atoms with Crippen molar-refractivity contribution < 1.29 is 27.6 Å². The van der Waals surface area contributed by atoms with E-state index >= 15 is 0 Å². The number of nitrogens with two attached hydrogens (primary N) is 1. The molecule has 126 valence electrons. The third-order valence-electron chi connectivity index (χ3n) is 3.97. The van der Waals surface area contributed by atoms with Crippen LogP contribution in [0.5, 0.6) is 0 Å². The maximum atomic E-state index is 12.7. The second-order valence-electron chi connectivity index (χ2n) is 5.54. The minimum absolute atomic E-state index is 0.0368. The molecule has 1 saturated heterocycles. The number of alkyl halides is 3. The molecule has 1 fully saturated rings. The molecular weight excluding hydrogens is 313 g/mol. The number of halogens is 3. The molecule has 1 atom stereocenters. The molecule has 0 saturated carbocycles. The van der Waals surface area contributed by atoms with E-state index in [-0.39, 0.29) is 18.7 Å². The Kier molecular flexibility index (Phi) is 4.65. The van der Waals surface area contributed by atoms with Gasteiger partial charge in [-0.15, -0.1) is 0 Å². The van der Waals surface area contributed by atoms with Gasteiger partial charge in [0.25, 0.3) is 0 Å². The van der Waals surface area contributed by atoms with E-state index in [9.17, 15) is 22.8 Å². The van der Waals surface area contributed by atoms with Crippen molar-refractivity contribution in [2.24, 2.45) is 0 Å². The molecule has 1 aromatic rings. The van der Waals surface area contributed by atoms with E-state index in [1.54, 1.807) is 13.0 Å². The van der Waals surface area contributed by atoms with Gasteiger partial charge < -0.3 is 5.73 Å². The van der Waals surface area contributed by atoms with E-state index < -0.39 is 22.7 Å². The van der Waals surface area contributed by atoms with E-state index in [1.165, 1.54) is 12.1 Å². The molecule has 5 nitrogen and oxygen atoms in total. The summed E-state index contributed by atoms with van der Waals surface area (Å²) in [5, 5.41) is 0. The van der Waals surface area contributed by atoms with Gasteiger partial charge in [0.05, 0.1) is 6.42 Å². The molecule has 1 aromatic carbocycles. The number of anilines is 1. The third-order valence-corrected chi connectivity index (χ3v) is 3.97. The second kappa shape index (κ2) is 6.19. The monoisotopic (exact) mass is 331 g/mol. The molecule has 1 heterocycles. The van der Waals surface area contributed by atoms with Crippen LogP contribution in [0.15, 0.2) is 18.2 Å². The Labute approximate surface area is 131 Å². The largest absolute Gasteiger partial charge is 0.497 e. The van der Waals surface area contributed by atoms with Crippen molar-refractivity contribution in [3.8, 4) is 0 Å². The van der Waals surface area contributed by atoms with Crippen LogP contribution in [0.3, 0.4) is 0 Å². The first-order valence-corrected chi connectivity index (χ1v) is 7.26. The van der Waals surface area contributed by atoms with Gasteiger partial charge in [0.15, 0.2) is 5.69 Å². The Morgan fingerprint density at radius 2 is 1.96 bits per heavy atom. The Morgan fingerprint density at radius 3 is 2.61 bits per heavy atom. The van der Waals surface area contributed by atoms with Gasteiger partial charge in [0.1, 0.15) is 6.54 Å². The van der Waals surface area contributed by atoms with E-state index in [4.69, 9.17) is 10.6 Å². The molecule has 0 aromatic heterocycles. The molecule has 2 N–H and O–H groups in total. The van der Waals surface area contributed by atoms with Crippen molar-refractivity contribution in [3.05, 3.63) is 23.8 Å². The summed E-state index contributed by atoms with van der Waals surface area (Å²) in [7, 11) is 0. The summed E-state index contributed by atoms with van der Waals surface area (Å²) in [6, 6.07) is 4.57. The Hall–Kier alpha value is -2.09. The van der Waals surface area contributed by atoms with Gasteiger partial charge in [0, 0.05) is 23.7 Å². The number of quaternary nitrogens is 1. The lowest BCUT2D eigenvalue weighted by Crippen LogP contribution is -2.57. The van der Waals surface area contributed by atoms with Crippen LogP contribution in [0, 0.1) is 6.92 Å².